The van der Waals surface area contributed by atoms with E-state index in [1.165, 1.54) is 57.8 Å². The number of aryl methyl sites for hydroxylation is 1. The zero-order valence-electron chi connectivity index (χ0n) is 23.3. The van der Waals surface area contributed by atoms with Gasteiger partial charge in [-0.2, -0.15) is 5.10 Å². The highest BCUT2D eigenvalue weighted by molar-refractivity contribution is 5.94. The van der Waals surface area contributed by atoms with E-state index in [4.69, 9.17) is 5.10 Å². The van der Waals surface area contributed by atoms with E-state index in [2.05, 4.69) is 38.3 Å². The quantitative estimate of drug-likeness (QED) is 0.241. The molecule has 2 N–H and O–H groups in total. The van der Waals surface area contributed by atoms with Gasteiger partial charge in [0.2, 0.25) is 11.8 Å². The number of nitrogens with one attached hydrogen (secondary N) is 2. The van der Waals surface area contributed by atoms with E-state index in [-0.39, 0.29) is 23.8 Å². The van der Waals surface area contributed by atoms with Gasteiger partial charge in [-0.1, -0.05) is 110 Å². The normalized spacial score (nSPS) is 11.5. The van der Waals surface area contributed by atoms with E-state index in [0.717, 1.165) is 29.8 Å². The molecule has 0 radical (unpaired) electrons. The number of amides is 2. The van der Waals surface area contributed by atoms with Crippen molar-refractivity contribution in [2.24, 2.45) is 0 Å². The Hall–Kier alpha value is -2.63. The van der Waals surface area contributed by atoms with Crippen LogP contribution in [-0.2, 0) is 15.0 Å². The van der Waals surface area contributed by atoms with Crippen LogP contribution in [0.4, 0.5) is 5.82 Å². The molecular weight excluding hydrogens is 448 g/mol. The van der Waals surface area contributed by atoms with Crippen LogP contribution in [0, 0.1) is 6.92 Å². The molecule has 200 valence electrons. The summed E-state index contributed by atoms with van der Waals surface area (Å²) in [5.74, 6) is 0.292. The lowest BCUT2D eigenvalue weighted by atomic mass is 9.92. The second-order valence-electron chi connectivity index (χ2n) is 11.0. The molecule has 0 spiro atoms. The molecule has 0 unspecified atom stereocenters. The first-order valence-electron chi connectivity index (χ1n) is 14.0. The molecule has 0 saturated carbocycles. The molecule has 0 bridgehead atoms. The lowest BCUT2D eigenvalue weighted by Crippen LogP contribution is -2.33. The summed E-state index contributed by atoms with van der Waals surface area (Å²) < 4.78 is 1.78. The zero-order valence-corrected chi connectivity index (χ0v) is 23.3. The maximum atomic E-state index is 12.6. The fraction of sp³-hybridized carbons (Fsp3) is 0.633. The number of carbonyl (C=O) groups excluding carboxylic acids is 2. The van der Waals surface area contributed by atoms with Crippen LogP contribution in [0.3, 0.4) is 0 Å². The fourth-order valence-corrected chi connectivity index (χ4v) is 4.23. The number of para-hydroxylation sites is 1. The Morgan fingerprint density at radius 3 is 2.03 bits per heavy atom. The van der Waals surface area contributed by atoms with Gasteiger partial charge in [0.05, 0.1) is 17.9 Å². The standard InChI is InChI=1S/C30H48N4O2/c1-6-7-8-9-10-11-12-13-14-15-16-21-28(35)31-23-29(36)32-27-22-26(30(3,4)5)33-34(27)25-20-18-17-19-24(25)2/h17-20,22H,6-16,21,23H2,1-5H3,(H,31,35)(H,32,36). The number of carbonyl (C=O) groups is 2. The van der Waals surface area contributed by atoms with Crippen molar-refractivity contribution in [2.45, 2.75) is 117 Å². The second-order valence-corrected chi connectivity index (χ2v) is 11.0. The first-order valence-corrected chi connectivity index (χ1v) is 14.0. The van der Waals surface area contributed by atoms with Gasteiger partial charge < -0.3 is 10.6 Å². The number of unbranched alkanes of at least 4 members (excludes halogenated alkanes) is 10. The van der Waals surface area contributed by atoms with Crippen molar-refractivity contribution in [1.29, 1.82) is 0 Å². The van der Waals surface area contributed by atoms with Gasteiger partial charge in [-0.15, -0.1) is 0 Å². The number of nitrogens with zero attached hydrogens (tertiary/aromatic N) is 2. The van der Waals surface area contributed by atoms with E-state index in [1.807, 2.05) is 37.3 Å². The lowest BCUT2D eigenvalue weighted by molar-refractivity contribution is -0.124. The number of anilines is 1. The number of hydrogen-bond acceptors (Lipinski definition) is 3. The molecule has 0 aliphatic carbocycles. The van der Waals surface area contributed by atoms with E-state index >= 15 is 0 Å². The summed E-state index contributed by atoms with van der Waals surface area (Å²) >= 11 is 0. The summed E-state index contributed by atoms with van der Waals surface area (Å²) in [4.78, 5) is 24.9. The molecule has 2 aromatic rings. The van der Waals surface area contributed by atoms with E-state index < -0.39 is 0 Å². The summed E-state index contributed by atoms with van der Waals surface area (Å²) in [5.41, 5.74) is 2.72. The van der Waals surface area contributed by atoms with Crippen molar-refractivity contribution in [1.82, 2.24) is 15.1 Å². The number of aromatic nitrogens is 2. The molecule has 6 nitrogen and oxygen atoms in total. The van der Waals surface area contributed by atoms with E-state index in [0.29, 0.717) is 12.2 Å². The third-order valence-corrected chi connectivity index (χ3v) is 6.54. The molecule has 6 heteroatoms. The Morgan fingerprint density at radius 1 is 0.861 bits per heavy atom. The van der Waals surface area contributed by atoms with Gasteiger partial charge in [-0.3, -0.25) is 9.59 Å². The van der Waals surface area contributed by atoms with Gasteiger partial charge in [-0.05, 0) is 25.0 Å². The highest BCUT2D eigenvalue weighted by atomic mass is 16.2. The SMILES string of the molecule is CCCCCCCCCCCCCC(=O)NCC(=O)Nc1cc(C(C)(C)C)nn1-c1ccccc1C. The molecule has 0 aliphatic rings. The third kappa shape index (κ3) is 10.5. The van der Waals surface area contributed by atoms with Crippen LogP contribution in [0.15, 0.2) is 30.3 Å². The van der Waals surface area contributed by atoms with Gasteiger partial charge in [0, 0.05) is 17.9 Å². The Bertz CT molecular complexity index is 943. The largest absolute Gasteiger partial charge is 0.347 e. The van der Waals surface area contributed by atoms with Crippen LogP contribution >= 0.6 is 0 Å². The number of rotatable bonds is 16. The lowest BCUT2D eigenvalue weighted by Gasteiger charge is -2.14. The van der Waals surface area contributed by atoms with Crippen molar-refractivity contribution in [3.8, 4) is 5.69 Å². The van der Waals surface area contributed by atoms with Gasteiger partial charge in [-0.25, -0.2) is 4.68 Å². The summed E-state index contributed by atoms with van der Waals surface area (Å²) in [5, 5.41) is 10.5. The highest BCUT2D eigenvalue weighted by Crippen LogP contribution is 2.27. The minimum atomic E-state index is -0.252. The minimum Gasteiger partial charge on any atom is -0.347 e. The zero-order chi connectivity index (χ0) is 26.4. The smallest absolute Gasteiger partial charge is 0.244 e. The number of benzene rings is 1. The van der Waals surface area contributed by atoms with Crippen molar-refractivity contribution in [3.05, 3.63) is 41.6 Å². The minimum absolute atomic E-state index is 0.0410. The molecule has 2 rings (SSSR count). The van der Waals surface area contributed by atoms with Crippen molar-refractivity contribution in [3.63, 3.8) is 0 Å². The third-order valence-electron chi connectivity index (χ3n) is 6.54. The average Bonchev–Trinajstić information content (AvgIpc) is 3.25. The van der Waals surface area contributed by atoms with Gasteiger partial charge in [0.1, 0.15) is 5.82 Å². The molecule has 0 saturated heterocycles. The van der Waals surface area contributed by atoms with Crippen LogP contribution in [0.1, 0.15) is 116 Å². The molecule has 1 aromatic heterocycles. The first-order chi connectivity index (χ1) is 17.2. The summed E-state index contributed by atoms with van der Waals surface area (Å²) in [6, 6.07) is 9.86. The van der Waals surface area contributed by atoms with Gasteiger partial charge in [0.15, 0.2) is 0 Å². The van der Waals surface area contributed by atoms with Crippen LogP contribution in [-0.4, -0.2) is 28.1 Å². The van der Waals surface area contributed by atoms with Crippen molar-refractivity contribution < 1.29 is 9.59 Å². The second kappa shape index (κ2) is 15.5. The van der Waals surface area contributed by atoms with Crippen LogP contribution in [0.2, 0.25) is 0 Å². The maximum Gasteiger partial charge on any atom is 0.244 e. The summed E-state index contributed by atoms with van der Waals surface area (Å²) in [6.45, 7) is 10.5. The molecule has 1 heterocycles. The Kier molecular flexibility index (Phi) is 12.7. The molecule has 0 aliphatic heterocycles. The van der Waals surface area contributed by atoms with Crippen LogP contribution in [0.25, 0.3) is 5.69 Å². The number of hydrogen-bond donors (Lipinski definition) is 2. The maximum absolute atomic E-state index is 12.6. The molecular formula is C30H48N4O2. The van der Waals surface area contributed by atoms with Gasteiger partial charge >= 0.3 is 0 Å². The Labute approximate surface area is 218 Å². The van der Waals surface area contributed by atoms with E-state index in [1.54, 1.807) is 4.68 Å². The van der Waals surface area contributed by atoms with Crippen LogP contribution < -0.4 is 10.6 Å². The Balaban J connectivity index is 1.72. The molecule has 0 fully saturated rings. The van der Waals surface area contributed by atoms with Crippen molar-refractivity contribution >= 4 is 17.6 Å². The fourth-order valence-electron chi connectivity index (χ4n) is 4.23. The predicted molar refractivity (Wildman–Crippen MR) is 150 cm³/mol. The Morgan fingerprint density at radius 2 is 1.44 bits per heavy atom. The van der Waals surface area contributed by atoms with Crippen LogP contribution in [0.5, 0.6) is 0 Å². The molecule has 0 atom stereocenters. The molecule has 36 heavy (non-hydrogen) atoms. The van der Waals surface area contributed by atoms with Crippen molar-refractivity contribution in [2.75, 3.05) is 11.9 Å². The monoisotopic (exact) mass is 496 g/mol. The van der Waals surface area contributed by atoms with Gasteiger partial charge in [0.25, 0.3) is 0 Å². The first kappa shape index (κ1) is 29.6. The van der Waals surface area contributed by atoms with E-state index in [9.17, 15) is 9.59 Å². The summed E-state index contributed by atoms with van der Waals surface area (Å²) in [7, 11) is 0. The molecule has 1 aromatic carbocycles. The molecule has 2 amide bonds. The summed E-state index contributed by atoms with van der Waals surface area (Å²) in [6.07, 6.45) is 14.2. The predicted octanol–water partition coefficient (Wildman–Crippen LogP) is 7.23. The highest BCUT2D eigenvalue weighted by Gasteiger charge is 2.22. The topological polar surface area (TPSA) is 76.0 Å². The average molecular weight is 497 g/mol.